The van der Waals surface area contributed by atoms with E-state index >= 15 is 0 Å². The van der Waals surface area contributed by atoms with Crippen LogP contribution in [0.5, 0.6) is 5.75 Å². The number of nitrogens with one attached hydrogen (secondary N) is 1. The molecule has 0 fully saturated rings. The molecule has 0 saturated heterocycles. The highest BCUT2D eigenvalue weighted by atomic mass is 79.9. The SMILES string of the molecule is COc1ccc(Br)c(C(=O)NCC(OC)c2ccco2)c1. The van der Waals surface area contributed by atoms with Gasteiger partial charge >= 0.3 is 0 Å². The van der Waals surface area contributed by atoms with Gasteiger partial charge in [0.2, 0.25) is 0 Å². The lowest BCUT2D eigenvalue weighted by Gasteiger charge is -2.14. The fraction of sp³-hybridized carbons (Fsp3) is 0.267. The van der Waals surface area contributed by atoms with Crippen LogP contribution in [0, 0.1) is 0 Å². The van der Waals surface area contributed by atoms with Crippen molar-refractivity contribution in [2.45, 2.75) is 6.10 Å². The van der Waals surface area contributed by atoms with Crippen molar-refractivity contribution in [2.24, 2.45) is 0 Å². The van der Waals surface area contributed by atoms with Gasteiger partial charge in [-0.25, -0.2) is 0 Å². The number of hydrogen-bond donors (Lipinski definition) is 1. The van der Waals surface area contributed by atoms with Crippen LogP contribution in [0.25, 0.3) is 0 Å². The standard InChI is InChI=1S/C15H16BrNO4/c1-19-10-5-6-12(16)11(8-10)15(18)17-9-14(20-2)13-4-3-7-21-13/h3-8,14H,9H2,1-2H3,(H,17,18). The van der Waals surface area contributed by atoms with Gasteiger partial charge in [-0.3, -0.25) is 4.79 Å². The van der Waals surface area contributed by atoms with Crippen molar-refractivity contribution in [1.29, 1.82) is 0 Å². The molecule has 0 aliphatic carbocycles. The van der Waals surface area contributed by atoms with E-state index in [1.54, 1.807) is 44.7 Å². The van der Waals surface area contributed by atoms with Gasteiger partial charge in [-0.15, -0.1) is 0 Å². The average Bonchev–Trinajstić information content (AvgIpc) is 3.02. The molecule has 0 bridgehead atoms. The van der Waals surface area contributed by atoms with E-state index < -0.39 is 0 Å². The van der Waals surface area contributed by atoms with E-state index in [1.807, 2.05) is 6.07 Å². The largest absolute Gasteiger partial charge is 0.497 e. The minimum absolute atomic E-state index is 0.214. The number of carbonyl (C=O) groups is 1. The Morgan fingerprint density at radius 2 is 2.19 bits per heavy atom. The number of carbonyl (C=O) groups excluding carboxylic acids is 1. The van der Waals surface area contributed by atoms with E-state index in [-0.39, 0.29) is 12.0 Å². The van der Waals surface area contributed by atoms with E-state index in [0.717, 1.165) is 0 Å². The zero-order chi connectivity index (χ0) is 15.2. The molecule has 2 aromatic rings. The van der Waals surface area contributed by atoms with Crippen molar-refractivity contribution < 1.29 is 18.7 Å². The first-order valence-corrected chi connectivity index (χ1v) is 7.13. The Labute approximate surface area is 131 Å². The van der Waals surface area contributed by atoms with Crippen molar-refractivity contribution in [1.82, 2.24) is 5.32 Å². The molecule has 6 heteroatoms. The summed E-state index contributed by atoms with van der Waals surface area (Å²) < 4.78 is 16.4. The predicted octanol–water partition coefficient (Wildman–Crippen LogP) is 3.17. The van der Waals surface area contributed by atoms with E-state index in [4.69, 9.17) is 13.9 Å². The third-order valence-corrected chi connectivity index (χ3v) is 3.70. The Kier molecular flexibility index (Phi) is 5.41. The normalized spacial score (nSPS) is 12.0. The van der Waals surface area contributed by atoms with Crippen LogP contribution in [0.3, 0.4) is 0 Å². The molecular formula is C15H16BrNO4. The fourth-order valence-electron chi connectivity index (χ4n) is 1.86. The van der Waals surface area contributed by atoms with Crippen molar-refractivity contribution in [3.05, 3.63) is 52.4 Å². The molecule has 1 amide bonds. The van der Waals surface area contributed by atoms with Crippen LogP contribution < -0.4 is 10.1 Å². The van der Waals surface area contributed by atoms with Crippen molar-refractivity contribution in [3.63, 3.8) is 0 Å². The summed E-state index contributed by atoms with van der Waals surface area (Å²) in [5.41, 5.74) is 0.503. The zero-order valence-electron chi connectivity index (χ0n) is 11.8. The molecule has 1 unspecified atom stereocenters. The lowest BCUT2D eigenvalue weighted by Crippen LogP contribution is -2.29. The molecule has 0 spiro atoms. The van der Waals surface area contributed by atoms with Gasteiger partial charge in [0.15, 0.2) is 0 Å². The fourth-order valence-corrected chi connectivity index (χ4v) is 2.29. The van der Waals surface area contributed by atoms with Gasteiger partial charge in [0.25, 0.3) is 5.91 Å². The Hall–Kier alpha value is -1.79. The van der Waals surface area contributed by atoms with E-state index in [0.29, 0.717) is 28.1 Å². The summed E-state index contributed by atoms with van der Waals surface area (Å²) in [6, 6.07) is 8.81. The van der Waals surface area contributed by atoms with Gasteiger partial charge in [-0.1, -0.05) is 0 Å². The molecule has 0 aliphatic rings. The van der Waals surface area contributed by atoms with Crippen molar-refractivity contribution in [2.75, 3.05) is 20.8 Å². The summed E-state index contributed by atoms with van der Waals surface area (Å²) >= 11 is 3.36. The summed E-state index contributed by atoms with van der Waals surface area (Å²) in [5.74, 6) is 1.08. The maximum absolute atomic E-state index is 12.2. The first kappa shape index (κ1) is 15.6. The molecule has 0 saturated carbocycles. The minimum atomic E-state index is -0.326. The summed E-state index contributed by atoms with van der Waals surface area (Å²) in [4.78, 5) is 12.2. The van der Waals surface area contributed by atoms with Crippen LogP contribution in [-0.2, 0) is 4.74 Å². The molecule has 112 valence electrons. The monoisotopic (exact) mass is 353 g/mol. The van der Waals surface area contributed by atoms with Gasteiger partial charge in [0, 0.05) is 11.6 Å². The number of benzene rings is 1. The summed E-state index contributed by atoms with van der Waals surface area (Å²) in [5, 5.41) is 2.82. The molecule has 2 rings (SSSR count). The molecule has 0 aliphatic heterocycles. The average molecular weight is 354 g/mol. The molecule has 5 nitrogen and oxygen atoms in total. The van der Waals surface area contributed by atoms with Gasteiger partial charge in [0.05, 0.1) is 25.5 Å². The third kappa shape index (κ3) is 3.86. The van der Waals surface area contributed by atoms with Gasteiger partial charge < -0.3 is 19.2 Å². The van der Waals surface area contributed by atoms with E-state index in [2.05, 4.69) is 21.2 Å². The maximum Gasteiger partial charge on any atom is 0.252 e. The molecular weight excluding hydrogens is 338 g/mol. The Balaban J connectivity index is 2.04. The number of furan rings is 1. The third-order valence-electron chi connectivity index (χ3n) is 3.01. The van der Waals surface area contributed by atoms with Gasteiger partial charge in [0.1, 0.15) is 17.6 Å². The van der Waals surface area contributed by atoms with Crippen molar-refractivity contribution in [3.8, 4) is 5.75 Å². The minimum Gasteiger partial charge on any atom is -0.497 e. The molecule has 0 radical (unpaired) electrons. The van der Waals surface area contributed by atoms with Crippen LogP contribution in [0.15, 0.2) is 45.5 Å². The molecule has 1 aromatic heterocycles. The second kappa shape index (κ2) is 7.28. The van der Waals surface area contributed by atoms with Crippen LogP contribution in [0.2, 0.25) is 0 Å². The predicted molar refractivity (Wildman–Crippen MR) is 81.5 cm³/mol. The Morgan fingerprint density at radius 3 is 2.81 bits per heavy atom. The van der Waals surface area contributed by atoms with E-state index in [9.17, 15) is 4.79 Å². The van der Waals surface area contributed by atoms with Crippen LogP contribution in [0.4, 0.5) is 0 Å². The number of amides is 1. The lowest BCUT2D eigenvalue weighted by molar-refractivity contribution is 0.0738. The van der Waals surface area contributed by atoms with E-state index in [1.165, 1.54) is 0 Å². The van der Waals surface area contributed by atoms with Crippen LogP contribution >= 0.6 is 15.9 Å². The van der Waals surface area contributed by atoms with Crippen LogP contribution in [0.1, 0.15) is 22.2 Å². The Bertz CT molecular complexity index is 598. The lowest BCUT2D eigenvalue weighted by atomic mass is 10.2. The highest BCUT2D eigenvalue weighted by Gasteiger charge is 2.17. The number of hydrogen-bond acceptors (Lipinski definition) is 4. The molecule has 1 aromatic carbocycles. The Morgan fingerprint density at radius 1 is 1.38 bits per heavy atom. The second-order valence-corrected chi connectivity index (χ2v) is 5.15. The smallest absolute Gasteiger partial charge is 0.252 e. The first-order valence-electron chi connectivity index (χ1n) is 6.33. The quantitative estimate of drug-likeness (QED) is 0.866. The van der Waals surface area contributed by atoms with Gasteiger partial charge in [-0.05, 0) is 46.3 Å². The molecule has 21 heavy (non-hydrogen) atoms. The highest BCUT2D eigenvalue weighted by molar-refractivity contribution is 9.10. The number of halogens is 1. The number of ether oxygens (including phenoxy) is 2. The molecule has 1 heterocycles. The summed E-state index contributed by atoms with van der Waals surface area (Å²) in [7, 11) is 3.13. The van der Waals surface area contributed by atoms with Crippen LogP contribution in [-0.4, -0.2) is 26.7 Å². The topological polar surface area (TPSA) is 60.7 Å². The van der Waals surface area contributed by atoms with Crippen molar-refractivity contribution >= 4 is 21.8 Å². The highest BCUT2D eigenvalue weighted by Crippen LogP contribution is 2.23. The van der Waals surface area contributed by atoms with Gasteiger partial charge in [-0.2, -0.15) is 0 Å². The first-order chi connectivity index (χ1) is 10.2. The molecule has 1 atom stereocenters. The maximum atomic E-state index is 12.2. The summed E-state index contributed by atoms with van der Waals surface area (Å²) in [6.07, 6.45) is 1.25. The molecule has 1 N–H and O–H groups in total. The second-order valence-electron chi connectivity index (χ2n) is 4.30. The number of rotatable bonds is 6. The zero-order valence-corrected chi connectivity index (χ0v) is 13.3. The number of methoxy groups -OCH3 is 2. The summed E-state index contributed by atoms with van der Waals surface area (Å²) in [6.45, 7) is 0.312.